The Kier molecular flexibility index (Phi) is 1.98. The number of nitrogens with zero attached hydrogens (tertiary/aromatic N) is 2. The Bertz CT molecular complexity index is 635. The Labute approximate surface area is 98.3 Å². The quantitative estimate of drug-likeness (QED) is 0.636. The average molecular weight is 226 g/mol. The molecule has 0 atom stereocenters. The molecule has 4 heteroatoms. The Hall–Kier alpha value is -2.23. The lowest BCUT2D eigenvalue weighted by atomic mass is 10.1. The molecule has 17 heavy (non-hydrogen) atoms. The Balaban J connectivity index is 2.33. The second-order valence-corrected chi connectivity index (χ2v) is 3.89. The third-order valence-corrected chi connectivity index (χ3v) is 2.86. The molecule has 1 heterocycles. The third-order valence-electron chi connectivity index (χ3n) is 2.86. The number of hydrogen-bond acceptors (Lipinski definition) is 4. The monoisotopic (exact) mass is 226 g/mol. The zero-order valence-corrected chi connectivity index (χ0v) is 9.52. The highest BCUT2D eigenvalue weighted by Crippen LogP contribution is 2.35. The van der Waals surface area contributed by atoms with Crippen LogP contribution in [0.2, 0.25) is 0 Å². The van der Waals surface area contributed by atoms with Crippen LogP contribution < -0.4 is 4.74 Å². The second kappa shape index (κ2) is 3.38. The zero-order valence-electron chi connectivity index (χ0n) is 9.52. The van der Waals surface area contributed by atoms with E-state index in [1.807, 2.05) is 18.2 Å². The molecule has 1 aliphatic rings. The van der Waals surface area contributed by atoms with Gasteiger partial charge in [0, 0.05) is 11.1 Å². The fourth-order valence-corrected chi connectivity index (χ4v) is 2.06. The van der Waals surface area contributed by atoms with Crippen LogP contribution >= 0.6 is 0 Å². The number of methoxy groups -OCH3 is 1. The van der Waals surface area contributed by atoms with E-state index in [0.29, 0.717) is 28.5 Å². The number of fused-ring (bicyclic) bond motifs is 3. The van der Waals surface area contributed by atoms with Crippen molar-refractivity contribution in [2.45, 2.75) is 6.92 Å². The molecular formula is C13H10N2O2. The van der Waals surface area contributed by atoms with Crippen LogP contribution in [-0.4, -0.2) is 22.9 Å². The summed E-state index contributed by atoms with van der Waals surface area (Å²) in [5, 5.41) is 0. The maximum atomic E-state index is 12.1. The van der Waals surface area contributed by atoms with Crippen LogP contribution in [-0.2, 0) is 0 Å². The lowest BCUT2D eigenvalue weighted by Crippen LogP contribution is -2.03. The van der Waals surface area contributed by atoms with Gasteiger partial charge in [0.25, 0.3) is 0 Å². The van der Waals surface area contributed by atoms with Crippen molar-refractivity contribution in [3.8, 4) is 17.1 Å². The maximum Gasteiger partial charge on any atom is 0.235 e. The average Bonchev–Trinajstić information content (AvgIpc) is 2.63. The number of benzene rings is 1. The first-order valence-electron chi connectivity index (χ1n) is 5.29. The normalized spacial score (nSPS) is 12.2. The van der Waals surface area contributed by atoms with Gasteiger partial charge in [-0.3, -0.25) is 4.79 Å². The molecule has 2 aromatic rings. The summed E-state index contributed by atoms with van der Waals surface area (Å²) in [7, 11) is 1.55. The third kappa shape index (κ3) is 1.27. The Morgan fingerprint density at radius 3 is 2.47 bits per heavy atom. The van der Waals surface area contributed by atoms with Crippen molar-refractivity contribution in [1.29, 1.82) is 0 Å². The predicted molar refractivity (Wildman–Crippen MR) is 62.2 cm³/mol. The second-order valence-electron chi connectivity index (χ2n) is 3.89. The van der Waals surface area contributed by atoms with Gasteiger partial charge in [-0.05, 0) is 6.92 Å². The molecule has 3 rings (SSSR count). The van der Waals surface area contributed by atoms with E-state index in [9.17, 15) is 4.79 Å². The molecule has 0 radical (unpaired) electrons. The van der Waals surface area contributed by atoms with Gasteiger partial charge in [-0.25, -0.2) is 9.97 Å². The van der Waals surface area contributed by atoms with E-state index in [4.69, 9.17) is 4.74 Å². The highest BCUT2D eigenvalue weighted by atomic mass is 16.5. The van der Waals surface area contributed by atoms with Crippen LogP contribution in [0.1, 0.15) is 21.7 Å². The maximum absolute atomic E-state index is 12.1. The van der Waals surface area contributed by atoms with Crippen LogP contribution in [0.4, 0.5) is 0 Å². The van der Waals surface area contributed by atoms with Crippen LogP contribution in [0, 0.1) is 6.92 Å². The lowest BCUT2D eigenvalue weighted by molar-refractivity contribution is 0.103. The van der Waals surface area contributed by atoms with Crippen molar-refractivity contribution in [2.75, 3.05) is 7.11 Å². The van der Waals surface area contributed by atoms with Gasteiger partial charge in [0.05, 0.1) is 7.11 Å². The number of ether oxygens (including phenoxy) is 1. The van der Waals surface area contributed by atoms with Gasteiger partial charge in [0.15, 0.2) is 0 Å². The first-order valence-corrected chi connectivity index (χ1v) is 5.29. The number of hydrogen-bond donors (Lipinski definition) is 0. The van der Waals surface area contributed by atoms with Gasteiger partial charge >= 0.3 is 0 Å². The molecule has 1 aliphatic carbocycles. The number of carbonyl (C=O) groups excluding carboxylic acids is 1. The topological polar surface area (TPSA) is 52.1 Å². The molecule has 0 N–H and O–H groups in total. The summed E-state index contributed by atoms with van der Waals surface area (Å²) in [6.07, 6.45) is 0. The summed E-state index contributed by atoms with van der Waals surface area (Å²) >= 11 is 0. The van der Waals surface area contributed by atoms with Gasteiger partial charge in [0.2, 0.25) is 11.7 Å². The molecule has 4 nitrogen and oxygen atoms in total. The van der Waals surface area contributed by atoms with Crippen molar-refractivity contribution in [3.05, 3.63) is 41.2 Å². The fraction of sp³-hybridized carbons (Fsp3) is 0.154. The molecule has 0 amide bonds. The molecule has 0 bridgehead atoms. The summed E-state index contributed by atoms with van der Waals surface area (Å²) in [5.41, 5.74) is 3.17. The smallest absolute Gasteiger partial charge is 0.235 e. The highest BCUT2D eigenvalue weighted by Gasteiger charge is 2.30. The van der Waals surface area contributed by atoms with E-state index < -0.39 is 0 Å². The first kappa shape index (κ1) is 9.96. The van der Waals surface area contributed by atoms with Crippen LogP contribution in [0.3, 0.4) is 0 Å². The molecule has 0 fully saturated rings. The van der Waals surface area contributed by atoms with Crippen molar-refractivity contribution in [2.24, 2.45) is 0 Å². The number of aryl methyl sites for hydroxylation is 1. The number of ketones is 1. The molecule has 84 valence electrons. The molecular weight excluding hydrogens is 216 g/mol. The van der Waals surface area contributed by atoms with E-state index in [1.54, 1.807) is 20.1 Å². The van der Waals surface area contributed by atoms with Gasteiger partial charge in [-0.1, -0.05) is 24.3 Å². The minimum atomic E-state index is -0.0612. The number of aromatic nitrogens is 2. The molecule has 0 aliphatic heterocycles. The predicted octanol–water partition coefficient (Wildman–Crippen LogP) is 2.01. The summed E-state index contributed by atoms with van der Waals surface area (Å²) in [6.45, 7) is 1.78. The SMILES string of the molecule is COc1nc2c(nc1C)C(=O)c1ccccc1-2. The van der Waals surface area contributed by atoms with Gasteiger partial charge < -0.3 is 4.74 Å². The molecule has 0 spiro atoms. The van der Waals surface area contributed by atoms with Crippen molar-refractivity contribution in [3.63, 3.8) is 0 Å². The van der Waals surface area contributed by atoms with E-state index in [2.05, 4.69) is 9.97 Å². The summed E-state index contributed by atoms with van der Waals surface area (Å²) < 4.78 is 5.14. The summed E-state index contributed by atoms with van der Waals surface area (Å²) in [6, 6.07) is 7.40. The first-order chi connectivity index (χ1) is 8.22. The molecule has 0 saturated heterocycles. The number of rotatable bonds is 1. The largest absolute Gasteiger partial charge is 0.480 e. The van der Waals surface area contributed by atoms with E-state index in [0.717, 1.165) is 5.56 Å². The highest BCUT2D eigenvalue weighted by molar-refractivity contribution is 6.19. The number of carbonyl (C=O) groups is 1. The molecule has 0 saturated carbocycles. The summed E-state index contributed by atoms with van der Waals surface area (Å²) in [5.74, 6) is 0.405. The van der Waals surface area contributed by atoms with Gasteiger partial charge in [-0.2, -0.15) is 0 Å². The molecule has 0 unspecified atom stereocenters. The zero-order chi connectivity index (χ0) is 12.0. The van der Waals surface area contributed by atoms with E-state index >= 15 is 0 Å². The van der Waals surface area contributed by atoms with Crippen LogP contribution in [0.5, 0.6) is 5.88 Å². The van der Waals surface area contributed by atoms with Gasteiger partial charge in [-0.15, -0.1) is 0 Å². The van der Waals surface area contributed by atoms with Crippen molar-refractivity contribution < 1.29 is 9.53 Å². The minimum Gasteiger partial charge on any atom is -0.480 e. The van der Waals surface area contributed by atoms with E-state index in [-0.39, 0.29) is 5.78 Å². The standard InChI is InChI=1S/C13H10N2O2/c1-7-13(17-2)15-10-8-5-3-4-6-9(8)12(16)11(10)14-7/h3-6H,1-2H3. The lowest BCUT2D eigenvalue weighted by Gasteiger charge is -2.05. The fourth-order valence-electron chi connectivity index (χ4n) is 2.06. The molecule has 1 aromatic carbocycles. The van der Waals surface area contributed by atoms with Gasteiger partial charge in [0.1, 0.15) is 17.1 Å². The van der Waals surface area contributed by atoms with Crippen molar-refractivity contribution in [1.82, 2.24) is 9.97 Å². The van der Waals surface area contributed by atoms with Crippen LogP contribution in [0.25, 0.3) is 11.3 Å². The Morgan fingerprint density at radius 2 is 1.76 bits per heavy atom. The Morgan fingerprint density at radius 1 is 1.06 bits per heavy atom. The molecule has 1 aromatic heterocycles. The van der Waals surface area contributed by atoms with Crippen LogP contribution in [0.15, 0.2) is 24.3 Å². The van der Waals surface area contributed by atoms with Crippen molar-refractivity contribution >= 4 is 5.78 Å². The minimum absolute atomic E-state index is 0.0612. The summed E-state index contributed by atoms with van der Waals surface area (Å²) in [4.78, 5) is 20.7. The van der Waals surface area contributed by atoms with E-state index in [1.165, 1.54) is 0 Å².